The maximum Gasteiger partial charge on any atom is 0.101 e. The van der Waals surface area contributed by atoms with Crippen molar-refractivity contribution in [3.05, 3.63) is 34.3 Å². The number of H-pyrrole nitrogens is 1. The van der Waals surface area contributed by atoms with Crippen LogP contribution < -0.4 is 0 Å². The Morgan fingerprint density at radius 3 is 2.85 bits per heavy atom. The number of nitrogens with one attached hydrogen (secondary N) is 1. The summed E-state index contributed by atoms with van der Waals surface area (Å²) < 4.78 is 0. The Bertz CT molecular complexity index is 459. The summed E-state index contributed by atoms with van der Waals surface area (Å²) in [7, 11) is 0. The molecule has 0 saturated carbocycles. The van der Waals surface area contributed by atoms with Crippen LogP contribution in [0.25, 0.3) is 11.1 Å². The predicted molar refractivity (Wildman–Crippen MR) is 53.6 cm³/mol. The van der Waals surface area contributed by atoms with Crippen LogP contribution in [0, 0.1) is 18.3 Å². The number of aromatic amines is 1. The Labute approximate surface area is 80.5 Å². The van der Waals surface area contributed by atoms with E-state index in [4.69, 9.17) is 5.26 Å². The van der Waals surface area contributed by atoms with Gasteiger partial charge in [0.15, 0.2) is 0 Å². The third-order valence-corrected chi connectivity index (χ3v) is 2.86. The molecular weight excluding hydrogens is 180 g/mol. The van der Waals surface area contributed by atoms with Crippen LogP contribution >= 0.6 is 11.3 Å². The normalized spacial score (nSPS) is 9.85. The lowest BCUT2D eigenvalue weighted by Gasteiger charge is -1.95. The van der Waals surface area contributed by atoms with Crippen LogP contribution in [-0.4, -0.2) is 4.98 Å². The molecule has 0 aliphatic carbocycles. The van der Waals surface area contributed by atoms with Gasteiger partial charge < -0.3 is 4.98 Å². The number of nitrogens with zero attached hydrogens (tertiary/aromatic N) is 1. The van der Waals surface area contributed by atoms with Crippen molar-refractivity contribution in [2.75, 3.05) is 0 Å². The molecule has 3 heteroatoms. The molecule has 2 nitrogen and oxygen atoms in total. The molecule has 0 atom stereocenters. The highest BCUT2D eigenvalue weighted by Gasteiger charge is 2.08. The van der Waals surface area contributed by atoms with Crippen LogP contribution in [0.5, 0.6) is 0 Å². The van der Waals surface area contributed by atoms with Gasteiger partial charge in [0.05, 0.1) is 5.56 Å². The number of aryl methyl sites for hydroxylation is 1. The average Bonchev–Trinajstić information content (AvgIpc) is 2.71. The first-order valence-electron chi connectivity index (χ1n) is 3.94. The van der Waals surface area contributed by atoms with Crippen LogP contribution in [0.3, 0.4) is 0 Å². The van der Waals surface area contributed by atoms with E-state index >= 15 is 0 Å². The van der Waals surface area contributed by atoms with Crippen LogP contribution in [0.4, 0.5) is 0 Å². The Hall–Kier alpha value is -1.53. The summed E-state index contributed by atoms with van der Waals surface area (Å²) in [4.78, 5) is 4.19. The van der Waals surface area contributed by atoms with Gasteiger partial charge in [-0.25, -0.2) is 0 Å². The maximum atomic E-state index is 8.83. The van der Waals surface area contributed by atoms with Crippen LogP contribution in [0.15, 0.2) is 23.8 Å². The van der Waals surface area contributed by atoms with E-state index in [1.807, 2.05) is 17.6 Å². The van der Waals surface area contributed by atoms with Crippen molar-refractivity contribution < 1.29 is 0 Å². The zero-order valence-electron chi connectivity index (χ0n) is 7.16. The van der Waals surface area contributed by atoms with E-state index in [2.05, 4.69) is 18.0 Å². The fourth-order valence-corrected chi connectivity index (χ4v) is 2.06. The zero-order valence-corrected chi connectivity index (χ0v) is 7.98. The Kier molecular flexibility index (Phi) is 1.91. The lowest BCUT2D eigenvalue weighted by Crippen LogP contribution is -1.76. The molecule has 0 saturated heterocycles. The molecule has 13 heavy (non-hydrogen) atoms. The van der Waals surface area contributed by atoms with Crippen molar-refractivity contribution in [3.8, 4) is 17.2 Å². The lowest BCUT2D eigenvalue weighted by molar-refractivity contribution is 1.40. The monoisotopic (exact) mass is 188 g/mol. The summed E-state index contributed by atoms with van der Waals surface area (Å²) in [5, 5.41) is 10.9. The van der Waals surface area contributed by atoms with Gasteiger partial charge in [-0.05, 0) is 23.9 Å². The van der Waals surface area contributed by atoms with E-state index in [1.165, 1.54) is 4.88 Å². The van der Waals surface area contributed by atoms with Gasteiger partial charge in [-0.1, -0.05) is 0 Å². The first-order chi connectivity index (χ1) is 6.33. The third-order valence-electron chi connectivity index (χ3n) is 2.01. The lowest BCUT2D eigenvalue weighted by atomic mass is 10.1. The second-order valence-corrected chi connectivity index (χ2v) is 3.91. The average molecular weight is 188 g/mol. The zero-order chi connectivity index (χ0) is 9.26. The van der Waals surface area contributed by atoms with E-state index in [0.717, 1.165) is 11.1 Å². The number of thiophene rings is 1. The molecule has 0 fully saturated rings. The summed E-state index contributed by atoms with van der Waals surface area (Å²) in [6.07, 6.45) is 3.60. The molecule has 2 rings (SSSR count). The molecule has 0 aromatic carbocycles. The summed E-state index contributed by atoms with van der Waals surface area (Å²) >= 11 is 1.70. The molecule has 0 aliphatic heterocycles. The van der Waals surface area contributed by atoms with Crippen molar-refractivity contribution in [2.45, 2.75) is 6.92 Å². The number of rotatable bonds is 1. The maximum absolute atomic E-state index is 8.83. The number of nitriles is 1. The summed E-state index contributed by atoms with van der Waals surface area (Å²) in [6, 6.07) is 4.21. The van der Waals surface area contributed by atoms with E-state index in [0.29, 0.717) is 5.56 Å². The molecule has 0 aliphatic rings. The fraction of sp³-hybridized carbons (Fsp3) is 0.100. The molecule has 2 heterocycles. The molecule has 2 aromatic heterocycles. The largest absolute Gasteiger partial charge is 0.366 e. The quantitative estimate of drug-likeness (QED) is 0.734. The molecule has 0 amide bonds. The number of hydrogen-bond donors (Lipinski definition) is 1. The molecule has 1 N–H and O–H groups in total. The smallest absolute Gasteiger partial charge is 0.101 e. The SMILES string of the molecule is Cc1sccc1-c1c[nH]cc1C#N. The molecular formula is C10H8N2S. The number of hydrogen-bond acceptors (Lipinski definition) is 2. The van der Waals surface area contributed by atoms with Crippen molar-refractivity contribution in [1.29, 1.82) is 5.26 Å². The third kappa shape index (κ3) is 1.25. The minimum atomic E-state index is 0.710. The highest BCUT2D eigenvalue weighted by atomic mass is 32.1. The molecule has 0 bridgehead atoms. The van der Waals surface area contributed by atoms with Gasteiger partial charge in [-0.15, -0.1) is 11.3 Å². The fourth-order valence-electron chi connectivity index (χ4n) is 1.34. The first-order valence-corrected chi connectivity index (χ1v) is 4.82. The molecule has 64 valence electrons. The summed E-state index contributed by atoms with van der Waals surface area (Å²) in [5.74, 6) is 0. The van der Waals surface area contributed by atoms with Crippen molar-refractivity contribution in [3.63, 3.8) is 0 Å². The van der Waals surface area contributed by atoms with Gasteiger partial charge in [-0.3, -0.25) is 0 Å². The Morgan fingerprint density at radius 1 is 1.38 bits per heavy atom. The molecule has 0 unspecified atom stereocenters. The predicted octanol–water partition coefficient (Wildman–Crippen LogP) is 2.92. The summed E-state index contributed by atoms with van der Waals surface area (Å²) in [6.45, 7) is 2.06. The van der Waals surface area contributed by atoms with E-state index in [9.17, 15) is 0 Å². The van der Waals surface area contributed by atoms with Gasteiger partial charge in [0.1, 0.15) is 6.07 Å². The second kappa shape index (κ2) is 3.08. The van der Waals surface area contributed by atoms with Crippen molar-refractivity contribution >= 4 is 11.3 Å². The van der Waals surface area contributed by atoms with Crippen molar-refractivity contribution in [2.24, 2.45) is 0 Å². The molecule has 0 radical (unpaired) electrons. The van der Waals surface area contributed by atoms with Crippen LogP contribution in [0.2, 0.25) is 0 Å². The molecule has 2 aromatic rings. The Balaban J connectivity index is 2.60. The van der Waals surface area contributed by atoms with Gasteiger partial charge in [-0.2, -0.15) is 5.26 Å². The van der Waals surface area contributed by atoms with Gasteiger partial charge in [0.25, 0.3) is 0 Å². The number of aromatic nitrogens is 1. The standard InChI is InChI=1S/C10H8N2S/c1-7-9(2-3-13-7)10-6-12-5-8(10)4-11/h2-3,5-6,12H,1H3. The van der Waals surface area contributed by atoms with Gasteiger partial charge in [0, 0.05) is 22.8 Å². The highest BCUT2D eigenvalue weighted by Crippen LogP contribution is 2.29. The summed E-state index contributed by atoms with van der Waals surface area (Å²) in [5.41, 5.74) is 2.87. The van der Waals surface area contributed by atoms with Gasteiger partial charge >= 0.3 is 0 Å². The first kappa shape index (κ1) is 8.09. The van der Waals surface area contributed by atoms with E-state index in [-0.39, 0.29) is 0 Å². The highest BCUT2D eigenvalue weighted by molar-refractivity contribution is 7.10. The van der Waals surface area contributed by atoms with Crippen LogP contribution in [0.1, 0.15) is 10.4 Å². The van der Waals surface area contributed by atoms with E-state index < -0.39 is 0 Å². The minimum Gasteiger partial charge on any atom is -0.366 e. The minimum absolute atomic E-state index is 0.710. The Morgan fingerprint density at radius 2 is 2.23 bits per heavy atom. The second-order valence-electron chi connectivity index (χ2n) is 2.78. The van der Waals surface area contributed by atoms with Crippen molar-refractivity contribution in [1.82, 2.24) is 4.98 Å². The van der Waals surface area contributed by atoms with E-state index in [1.54, 1.807) is 17.5 Å². The van der Waals surface area contributed by atoms with Gasteiger partial charge in [0.2, 0.25) is 0 Å². The topological polar surface area (TPSA) is 39.6 Å². The molecule has 0 spiro atoms. The van der Waals surface area contributed by atoms with Crippen LogP contribution in [-0.2, 0) is 0 Å².